The van der Waals surface area contributed by atoms with Crippen molar-refractivity contribution in [3.05, 3.63) is 65.6 Å². The van der Waals surface area contributed by atoms with E-state index in [4.69, 9.17) is 16.3 Å². The molecule has 0 saturated carbocycles. The molecular formula is C18H15ClN4O2. The molecule has 25 heavy (non-hydrogen) atoms. The number of rotatable bonds is 5. The topological polar surface area (TPSA) is 77.0 Å². The minimum absolute atomic E-state index is 0.327. The molecule has 0 saturated heterocycles. The molecule has 0 spiro atoms. The van der Waals surface area contributed by atoms with E-state index in [1.165, 1.54) is 0 Å². The molecule has 2 heterocycles. The van der Waals surface area contributed by atoms with Crippen LogP contribution >= 0.6 is 11.6 Å². The van der Waals surface area contributed by atoms with Gasteiger partial charge in [0, 0.05) is 23.6 Å². The van der Waals surface area contributed by atoms with Gasteiger partial charge in [0.25, 0.3) is 0 Å². The van der Waals surface area contributed by atoms with Gasteiger partial charge in [0.1, 0.15) is 5.15 Å². The van der Waals surface area contributed by atoms with Crippen LogP contribution in [0, 0.1) is 0 Å². The Morgan fingerprint density at radius 2 is 2.04 bits per heavy atom. The number of pyridine rings is 1. The maximum atomic E-state index is 11.8. The van der Waals surface area contributed by atoms with Gasteiger partial charge in [0.05, 0.1) is 17.9 Å². The lowest BCUT2D eigenvalue weighted by molar-refractivity contribution is 0.0526. The maximum absolute atomic E-state index is 11.8. The van der Waals surface area contributed by atoms with Crippen molar-refractivity contribution >= 4 is 29.2 Å². The summed E-state index contributed by atoms with van der Waals surface area (Å²) in [4.78, 5) is 24.5. The van der Waals surface area contributed by atoms with Gasteiger partial charge < -0.3 is 10.1 Å². The first kappa shape index (κ1) is 16.9. The number of nitrogens with one attached hydrogen (secondary N) is 1. The second-order valence-corrected chi connectivity index (χ2v) is 5.39. The number of benzene rings is 1. The average Bonchev–Trinajstić information content (AvgIpc) is 2.63. The lowest BCUT2D eigenvalue weighted by Gasteiger charge is -2.08. The first-order valence-electron chi connectivity index (χ1n) is 7.65. The third kappa shape index (κ3) is 4.10. The summed E-state index contributed by atoms with van der Waals surface area (Å²) in [6.45, 7) is 2.09. The molecule has 0 unspecified atom stereocenters. The van der Waals surface area contributed by atoms with Crippen LogP contribution < -0.4 is 5.32 Å². The summed E-state index contributed by atoms with van der Waals surface area (Å²) in [6.07, 6.45) is 3.25. The van der Waals surface area contributed by atoms with E-state index in [0.717, 1.165) is 5.56 Å². The smallest absolute Gasteiger partial charge is 0.338 e. The Morgan fingerprint density at radius 1 is 1.16 bits per heavy atom. The minimum atomic E-state index is -0.372. The second-order valence-electron chi connectivity index (χ2n) is 5.03. The van der Waals surface area contributed by atoms with E-state index in [0.29, 0.717) is 34.7 Å². The fraction of sp³-hybridized carbons (Fsp3) is 0.111. The Morgan fingerprint density at radius 3 is 2.84 bits per heavy atom. The zero-order chi connectivity index (χ0) is 17.6. The van der Waals surface area contributed by atoms with E-state index in [1.807, 2.05) is 12.1 Å². The summed E-state index contributed by atoms with van der Waals surface area (Å²) in [7, 11) is 0. The highest BCUT2D eigenvalue weighted by Gasteiger charge is 2.09. The van der Waals surface area contributed by atoms with Crippen LogP contribution in [0.5, 0.6) is 0 Å². The number of ether oxygens (including phenoxy) is 1. The SMILES string of the molecule is CCOC(=O)c1cccc(Nc2nccc(-c3cccnc3Cl)n2)c1. The van der Waals surface area contributed by atoms with Crippen molar-refractivity contribution in [2.45, 2.75) is 6.92 Å². The lowest BCUT2D eigenvalue weighted by Crippen LogP contribution is -2.05. The van der Waals surface area contributed by atoms with Crippen LogP contribution in [0.1, 0.15) is 17.3 Å². The van der Waals surface area contributed by atoms with Crippen LogP contribution in [0.2, 0.25) is 5.15 Å². The number of hydrogen-bond donors (Lipinski definition) is 1. The molecule has 1 N–H and O–H groups in total. The molecule has 0 fully saturated rings. The van der Waals surface area contributed by atoms with Crippen LogP contribution in [0.4, 0.5) is 11.6 Å². The molecule has 3 aromatic rings. The van der Waals surface area contributed by atoms with E-state index in [1.54, 1.807) is 49.6 Å². The van der Waals surface area contributed by atoms with Crippen LogP contribution in [0.15, 0.2) is 54.9 Å². The summed E-state index contributed by atoms with van der Waals surface area (Å²) >= 11 is 6.11. The lowest BCUT2D eigenvalue weighted by atomic mass is 10.2. The number of hydrogen-bond acceptors (Lipinski definition) is 6. The van der Waals surface area contributed by atoms with E-state index in [2.05, 4.69) is 20.3 Å². The minimum Gasteiger partial charge on any atom is -0.462 e. The van der Waals surface area contributed by atoms with Gasteiger partial charge in [-0.05, 0) is 43.3 Å². The first-order chi connectivity index (χ1) is 12.2. The van der Waals surface area contributed by atoms with E-state index in [9.17, 15) is 4.79 Å². The third-order valence-electron chi connectivity index (χ3n) is 3.32. The van der Waals surface area contributed by atoms with Crippen molar-refractivity contribution in [1.82, 2.24) is 15.0 Å². The van der Waals surface area contributed by atoms with Gasteiger partial charge >= 0.3 is 5.97 Å². The molecule has 0 radical (unpaired) electrons. The van der Waals surface area contributed by atoms with E-state index < -0.39 is 0 Å². The number of anilines is 2. The standard InChI is InChI=1S/C18H15ClN4O2/c1-2-25-17(24)12-5-3-6-13(11-12)22-18-21-10-8-15(23-18)14-7-4-9-20-16(14)19/h3-11H,2H2,1H3,(H,21,22,23). The Balaban J connectivity index is 1.85. The molecule has 0 amide bonds. The Labute approximate surface area is 149 Å². The predicted molar refractivity (Wildman–Crippen MR) is 96.0 cm³/mol. The molecular weight excluding hydrogens is 340 g/mol. The normalized spacial score (nSPS) is 10.3. The zero-order valence-electron chi connectivity index (χ0n) is 13.4. The first-order valence-corrected chi connectivity index (χ1v) is 8.03. The maximum Gasteiger partial charge on any atom is 0.338 e. The monoisotopic (exact) mass is 354 g/mol. The van der Waals surface area contributed by atoms with Crippen molar-refractivity contribution in [2.24, 2.45) is 0 Å². The molecule has 7 heteroatoms. The summed E-state index contributed by atoms with van der Waals surface area (Å²) in [5.74, 6) is 0.0152. The number of nitrogens with zero attached hydrogens (tertiary/aromatic N) is 3. The molecule has 1 aromatic carbocycles. The number of carbonyl (C=O) groups excluding carboxylic acids is 1. The average molecular weight is 355 g/mol. The van der Waals surface area contributed by atoms with Crippen LogP contribution in [0.25, 0.3) is 11.3 Å². The molecule has 126 valence electrons. The number of halogens is 1. The third-order valence-corrected chi connectivity index (χ3v) is 3.62. The van der Waals surface area contributed by atoms with Gasteiger partial charge in [-0.2, -0.15) is 0 Å². The fourth-order valence-corrected chi connectivity index (χ4v) is 2.43. The zero-order valence-corrected chi connectivity index (χ0v) is 14.2. The van der Waals surface area contributed by atoms with Crippen molar-refractivity contribution < 1.29 is 9.53 Å². The van der Waals surface area contributed by atoms with Crippen molar-refractivity contribution in [1.29, 1.82) is 0 Å². The number of esters is 1. The number of aromatic nitrogens is 3. The molecule has 3 rings (SSSR count). The van der Waals surface area contributed by atoms with E-state index in [-0.39, 0.29) is 5.97 Å². The van der Waals surface area contributed by atoms with Crippen LogP contribution in [-0.2, 0) is 4.74 Å². The van der Waals surface area contributed by atoms with Gasteiger partial charge in [-0.3, -0.25) is 0 Å². The highest BCUT2D eigenvalue weighted by atomic mass is 35.5. The van der Waals surface area contributed by atoms with E-state index >= 15 is 0 Å². The van der Waals surface area contributed by atoms with Crippen LogP contribution in [-0.4, -0.2) is 27.5 Å². The molecule has 0 bridgehead atoms. The second kappa shape index (κ2) is 7.72. The van der Waals surface area contributed by atoms with Gasteiger partial charge in [-0.15, -0.1) is 0 Å². The fourth-order valence-electron chi connectivity index (χ4n) is 2.21. The summed E-state index contributed by atoms with van der Waals surface area (Å²) in [5.41, 5.74) is 2.50. The van der Waals surface area contributed by atoms with Gasteiger partial charge in [-0.25, -0.2) is 19.7 Å². The molecule has 0 aliphatic rings. The van der Waals surface area contributed by atoms with Gasteiger partial charge in [0.2, 0.25) is 5.95 Å². The highest BCUT2D eigenvalue weighted by Crippen LogP contribution is 2.25. The molecule has 0 aliphatic heterocycles. The summed E-state index contributed by atoms with van der Waals surface area (Å²) in [5, 5.41) is 3.45. The highest BCUT2D eigenvalue weighted by molar-refractivity contribution is 6.32. The molecule has 0 aliphatic carbocycles. The molecule has 0 atom stereocenters. The number of carbonyl (C=O) groups is 1. The Kier molecular flexibility index (Phi) is 5.20. The quantitative estimate of drug-likeness (QED) is 0.548. The predicted octanol–water partition coefficient (Wildman–Crippen LogP) is 4.11. The van der Waals surface area contributed by atoms with Gasteiger partial charge in [-0.1, -0.05) is 17.7 Å². The Hall–Kier alpha value is -2.99. The molecule has 2 aromatic heterocycles. The van der Waals surface area contributed by atoms with Gasteiger partial charge in [0.15, 0.2) is 0 Å². The van der Waals surface area contributed by atoms with Crippen molar-refractivity contribution in [3.63, 3.8) is 0 Å². The van der Waals surface area contributed by atoms with Crippen molar-refractivity contribution in [3.8, 4) is 11.3 Å². The molecule has 6 nitrogen and oxygen atoms in total. The Bertz CT molecular complexity index is 902. The van der Waals surface area contributed by atoms with Crippen LogP contribution in [0.3, 0.4) is 0 Å². The largest absolute Gasteiger partial charge is 0.462 e. The summed E-state index contributed by atoms with van der Waals surface area (Å²) in [6, 6.07) is 12.3. The van der Waals surface area contributed by atoms with Crippen molar-refractivity contribution in [2.75, 3.05) is 11.9 Å². The summed E-state index contributed by atoms with van der Waals surface area (Å²) < 4.78 is 5.00.